The van der Waals surface area contributed by atoms with Gasteiger partial charge in [0.05, 0.1) is 27.8 Å². The predicted octanol–water partition coefficient (Wildman–Crippen LogP) is 15.2. The highest BCUT2D eigenvalue weighted by Gasteiger charge is 2.52. The third-order valence-electron chi connectivity index (χ3n) is 13.8. The number of anilines is 1. The van der Waals surface area contributed by atoms with Gasteiger partial charge in [-0.05, 0) is 71.5 Å². The van der Waals surface area contributed by atoms with Gasteiger partial charge in [-0.25, -0.2) is 15.0 Å². The minimum absolute atomic E-state index is 0.621. The van der Waals surface area contributed by atoms with Gasteiger partial charge in [0.25, 0.3) is 0 Å². The first kappa shape index (κ1) is 39.3. The van der Waals surface area contributed by atoms with Gasteiger partial charge >= 0.3 is 0 Å². The molecular formula is C61H43N5S. The number of allylic oxidation sites excluding steroid dienone is 9. The van der Waals surface area contributed by atoms with Gasteiger partial charge in [-0.15, -0.1) is 0 Å². The molecule has 3 aliphatic heterocycles. The molecule has 2 bridgehead atoms. The van der Waals surface area contributed by atoms with Crippen LogP contribution in [0.2, 0.25) is 0 Å². The Morgan fingerprint density at radius 2 is 1.34 bits per heavy atom. The van der Waals surface area contributed by atoms with Crippen LogP contribution < -0.4 is 4.90 Å². The zero-order chi connectivity index (χ0) is 44.6. The first-order valence-electron chi connectivity index (χ1n) is 23.0. The Labute approximate surface area is 394 Å². The average molecular weight is 878 g/mol. The van der Waals surface area contributed by atoms with E-state index in [4.69, 9.17) is 15.0 Å². The van der Waals surface area contributed by atoms with Crippen LogP contribution >= 0.6 is 11.8 Å². The maximum absolute atomic E-state index is 5.15. The van der Waals surface area contributed by atoms with Crippen molar-refractivity contribution in [3.05, 3.63) is 252 Å². The maximum Gasteiger partial charge on any atom is 0.164 e. The number of rotatable bonds is 6. The fourth-order valence-electron chi connectivity index (χ4n) is 11.1. The molecule has 1 aliphatic carbocycles. The van der Waals surface area contributed by atoms with Gasteiger partial charge < -0.3 is 9.47 Å². The maximum atomic E-state index is 5.15. The summed E-state index contributed by atoms with van der Waals surface area (Å²) < 4.78 is 2.47. The monoisotopic (exact) mass is 877 g/mol. The topological polar surface area (TPSA) is 46.8 Å². The molecule has 5 nitrogen and oxygen atoms in total. The molecule has 0 amide bonds. The van der Waals surface area contributed by atoms with E-state index in [2.05, 4.69) is 193 Å². The second-order valence-electron chi connectivity index (χ2n) is 17.4. The Balaban J connectivity index is 1.11. The third kappa shape index (κ3) is 5.86. The molecule has 0 N–H and O–H groups in total. The quantitative estimate of drug-likeness (QED) is 0.167. The van der Waals surface area contributed by atoms with Crippen molar-refractivity contribution in [3.8, 4) is 39.9 Å². The summed E-state index contributed by atoms with van der Waals surface area (Å²) in [6, 6.07) is 58.7. The first-order valence-corrected chi connectivity index (χ1v) is 23.8. The summed E-state index contributed by atoms with van der Waals surface area (Å²) in [7, 11) is 0. The minimum atomic E-state index is -0.674. The molecule has 13 rings (SSSR count). The fraction of sp³-hybridized carbons (Fsp3) is 0.0656. The molecule has 0 saturated carbocycles. The molecule has 67 heavy (non-hydrogen) atoms. The van der Waals surface area contributed by atoms with Gasteiger partial charge in [0.15, 0.2) is 17.5 Å². The van der Waals surface area contributed by atoms with Crippen LogP contribution in [0.15, 0.2) is 240 Å². The lowest BCUT2D eigenvalue weighted by atomic mass is 9.60. The summed E-state index contributed by atoms with van der Waals surface area (Å²) in [5, 5.41) is 2.41. The molecule has 4 aliphatic rings. The zero-order valence-electron chi connectivity index (χ0n) is 36.9. The van der Waals surface area contributed by atoms with E-state index < -0.39 is 5.41 Å². The Hall–Kier alpha value is -8.06. The van der Waals surface area contributed by atoms with Crippen molar-refractivity contribution in [2.45, 2.75) is 35.0 Å². The Kier molecular flexibility index (Phi) is 9.12. The van der Waals surface area contributed by atoms with E-state index in [1.807, 2.05) is 48.2 Å². The number of hydrogen-bond acceptors (Lipinski definition) is 5. The second kappa shape index (κ2) is 15.5. The lowest BCUT2D eigenvalue weighted by molar-refractivity contribution is 0.674. The number of nitrogens with zero attached hydrogens (tertiary/aromatic N) is 5. The van der Waals surface area contributed by atoms with E-state index >= 15 is 0 Å². The number of aromatic nitrogens is 4. The molecule has 7 aromatic carbocycles. The summed E-state index contributed by atoms with van der Waals surface area (Å²) >= 11 is 1.88. The molecule has 0 fully saturated rings. The third-order valence-corrected chi connectivity index (χ3v) is 15.0. The van der Waals surface area contributed by atoms with E-state index in [1.165, 1.54) is 70.9 Å². The van der Waals surface area contributed by atoms with E-state index in [0.29, 0.717) is 17.5 Å². The fourth-order valence-corrected chi connectivity index (χ4v) is 12.4. The lowest BCUT2D eigenvalue weighted by Gasteiger charge is -2.51. The van der Waals surface area contributed by atoms with Crippen molar-refractivity contribution in [2.24, 2.45) is 0 Å². The zero-order valence-corrected chi connectivity index (χ0v) is 37.7. The number of benzene rings is 7. The average Bonchev–Trinajstić information content (AvgIpc) is 3.72. The number of hydrogen-bond donors (Lipinski definition) is 0. The van der Waals surface area contributed by atoms with Crippen molar-refractivity contribution in [1.29, 1.82) is 0 Å². The Bertz CT molecular complexity index is 3640. The van der Waals surface area contributed by atoms with Crippen LogP contribution in [0, 0.1) is 0 Å². The molecule has 1 atom stereocenters. The second-order valence-corrected chi connectivity index (χ2v) is 18.4. The normalized spacial score (nSPS) is 18.5. The Morgan fingerprint density at radius 3 is 2.12 bits per heavy atom. The smallest absolute Gasteiger partial charge is 0.164 e. The summed E-state index contributed by atoms with van der Waals surface area (Å²) in [6.45, 7) is 6.72. The number of para-hydroxylation sites is 2. The first-order chi connectivity index (χ1) is 33.1. The summed E-state index contributed by atoms with van der Waals surface area (Å²) in [4.78, 5) is 20.3. The highest BCUT2D eigenvalue weighted by Crippen LogP contribution is 2.64. The van der Waals surface area contributed by atoms with Crippen LogP contribution in [0.1, 0.15) is 42.0 Å². The van der Waals surface area contributed by atoms with Gasteiger partial charge in [0.2, 0.25) is 0 Å². The summed E-state index contributed by atoms with van der Waals surface area (Å²) in [5.41, 5.74) is 16.8. The molecule has 1 spiro atoms. The summed E-state index contributed by atoms with van der Waals surface area (Å²) in [5.74, 6) is 1.89. The molecule has 318 valence electrons. The van der Waals surface area contributed by atoms with Crippen molar-refractivity contribution < 1.29 is 0 Å². The van der Waals surface area contributed by atoms with Crippen LogP contribution in [0.3, 0.4) is 0 Å². The molecule has 9 aromatic rings. The van der Waals surface area contributed by atoms with Gasteiger partial charge in [-0.1, -0.05) is 194 Å². The van der Waals surface area contributed by atoms with Crippen LogP contribution in [-0.2, 0) is 5.41 Å². The summed E-state index contributed by atoms with van der Waals surface area (Å²) in [6.07, 6.45) is 17.6. The Morgan fingerprint density at radius 1 is 0.657 bits per heavy atom. The predicted molar refractivity (Wildman–Crippen MR) is 276 cm³/mol. The van der Waals surface area contributed by atoms with Crippen molar-refractivity contribution in [3.63, 3.8) is 0 Å². The van der Waals surface area contributed by atoms with Crippen molar-refractivity contribution in [2.75, 3.05) is 4.90 Å². The number of fused-ring (bicyclic) bond motifs is 13. The minimum Gasteiger partial charge on any atom is -0.313 e. The van der Waals surface area contributed by atoms with Crippen LogP contribution in [0.4, 0.5) is 5.69 Å². The van der Waals surface area contributed by atoms with Crippen LogP contribution in [-0.4, -0.2) is 19.5 Å². The van der Waals surface area contributed by atoms with E-state index in [0.717, 1.165) is 46.4 Å². The van der Waals surface area contributed by atoms with Crippen LogP contribution in [0.25, 0.3) is 67.2 Å². The standard InChI is InChI=1S/C61H43N5S/c1-3-20-48-52(4-2)65-43-27-13-7-12-25-41(37-43)45-30-19-32-50(55(45)65)61(48)49-31-15-17-34-54(49)67-57-51(61)36-35-47-46-29-14-16-33-53(46)66(56(47)57)44-28-18-26-42(38-44)60-63-58(39-21-8-5-9-22-39)62-59(64-60)40-23-10-6-11-24-40/h3-12,14-36,38H,2,13,37H2,1H3/b12-7?,20-3-,41-25+,43-27+. The van der Waals surface area contributed by atoms with Crippen LogP contribution in [0.5, 0.6) is 0 Å². The van der Waals surface area contributed by atoms with Gasteiger partial charge in [0.1, 0.15) is 0 Å². The largest absolute Gasteiger partial charge is 0.313 e. The van der Waals surface area contributed by atoms with Crippen molar-refractivity contribution in [1.82, 2.24) is 19.5 Å². The highest BCUT2D eigenvalue weighted by atomic mass is 32.2. The van der Waals surface area contributed by atoms with Gasteiger partial charge in [0, 0.05) is 60.6 Å². The molecular weight excluding hydrogens is 835 g/mol. The van der Waals surface area contributed by atoms with Gasteiger partial charge in [-0.2, -0.15) is 0 Å². The molecule has 0 radical (unpaired) electrons. The highest BCUT2D eigenvalue weighted by molar-refractivity contribution is 7.99. The molecule has 1 unspecified atom stereocenters. The van der Waals surface area contributed by atoms with Gasteiger partial charge in [-0.3, -0.25) is 0 Å². The lowest BCUT2D eigenvalue weighted by Crippen LogP contribution is -2.43. The SMILES string of the molecule is C=CC1=C(/C=C\C)C2(c3ccccc3Sc3c2ccc2c4ccccc4n(-c4cccc(-c5nc(-c6ccccc6)nc(-c6ccccc6)n5)c4)c32)c2cccc3c2N1/C1=C/CC=C/C=C/3C1. The molecule has 2 aromatic heterocycles. The molecule has 0 saturated heterocycles. The van der Waals surface area contributed by atoms with E-state index in [-0.39, 0.29) is 0 Å². The molecule has 6 heteroatoms. The van der Waals surface area contributed by atoms with E-state index in [1.54, 1.807) is 0 Å². The van der Waals surface area contributed by atoms with Crippen molar-refractivity contribution >= 4 is 44.8 Å². The van der Waals surface area contributed by atoms with E-state index in [9.17, 15) is 0 Å². The molecule has 5 heterocycles.